The van der Waals surface area contributed by atoms with Gasteiger partial charge in [-0.05, 0) is 37.5 Å². The Morgan fingerprint density at radius 3 is 2.45 bits per heavy atom. The maximum atomic E-state index is 14.5. The second-order valence-electron chi connectivity index (χ2n) is 7.15. The number of hydrogen-bond donors (Lipinski definition) is 1. The molecular formula is C19H17F5N4O. The van der Waals surface area contributed by atoms with E-state index in [1.807, 2.05) is 11.9 Å². The number of anilines is 1. The van der Waals surface area contributed by atoms with Gasteiger partial charge in [-0.25, -0.2) is 18.4 Å². The molecule has 154 valence electrons. The van der Waals surface area contributed by atoms with Gasteiger partial charge in [0, 0.05) is 31.1 Å². The van der Waals surface area contributed by atoms with E-state index in [1.165, 1.54) is 11.7 Å². The summed E-state index contributed by atoms with van der Waals surface area (Å²) in [6, 6.07) is 3.95. The average Bonchev–Trinajstić information content (AvgIpc) is 2.93. The fourth-order valence-corrected chi connectivity index (χ4v) is 3.48. The number of nitrogens with zero attached hydrogens (tertiary/aromatic N) is 4. The summed E-state index contributed by atoms with van der Waals surface area (Å²) < 4.78 is 68.9. The third-order valence-corrected chi connectivity index (χ3v) is 5.39. The SMILES string of the molecule is CN(c1ccc2c(-c3cc(C(F)(F)F)c(F)c(O)c3F)nn(C)c2n1)C1CCC1. The van der Waals surface area contributed by atoms with E-state index in [1.54, 1.807) is 12.1 Å². The van der Waals surface area contributed by atoms with Crippen LogP contribution in [-0.2, 0) is 13.2 Å². The Balaban J connectivity index is 1.88. The van der Waals surface area contributed by atoms with Gasteiger partial charge >= 0.3 is 6.18 Å². The highest BCUT2D eigenvalue weighted by atomic mass is 19.4. The van der Waals surface area contributed by atoms with Crippen molar-refractivity contribution in [2.75, 3.05) is 11.9 Å². The number of rotatable bonds is 3. The standard InChI is InChI=1S/C19H17F5N4O/c1-27(9-4-3-5-9)13-7-6-10-16(26-28(2)18(10)25-13)11-8-12(19(22,23)24)15(21)17(29)14(11)20/h6-9,29H,3-5H2,1-2H3. The van der Waals surface area contributed by atoms with Crippen molar-refractivity contribution < 1.29 is 27.1 Å². The van der Waals surface area contributed by atoms with Crippen LogP contribution in [0.4, 0.5) is 27.8 Å². The zero-order valence-corrected chi connectivity index (χ0v) is 15.6. The second-order valence-corrected chi connectivity index (χ2v) is 7.15. The molecule has 0 bridgehead atoms. The van der Waals surface area contributed by atoms with Crippen LogP contribution in [0.5, 0.6) is 5.75 Å². The maximum Gasteiger partial charge on any atom is 0.419 e. The average molecular weight is 412 g/mol. The van der Waals surface area contributed by atoms with Crippen LogP contribution in [0.15, 0.2) is 18.2 Å². The number of phenolic OH excluding ortho intramolecular Hbond substituents is 1. The summed E-state index contributed by atoms with van der Waals surface area (Å²) in [5.41, 5.74) is -2.24. The Labute approximate surface area is 162 Å². The predicted molar refractivity (Wildman–Crippen MR) is 96.6 cm³/mol. The number of pyridine rings is 1. The van der Waals surface area contributed by atoms with Crippen LogP contribution in [0.2, 0.25) is 0 Å². The number of hydrogen-bond acceptors (Lipinski definition) is 4. The van der Waals surface area contributed by atoms with Gasteiger partial charge in [-0.3, -0.25) is 0 Å². The minimum atomic E-state index is -5.11. The van der Waals surface area contributed by atoms with Crippen LogP contribution >= 0.6 is 0 Å². The molecule has 0 aliphatic heterocycles. The molecule has 1 saturated carbocycles. The fraction of sp³-hybridized carbons (Fsp3) is 0.368. The first-order valence-corrected chi connectivity index (χ1v) is 8.94. The van der Waals surface area contributed by atoms with Crippen molar-refractivity contribution in [1.29, 1.82) is 0 Å². The molecule has 5 nitrogen and oxygen atoms in total. The van der Waals surface area contributed by atoms with Crippen LogP contribution in [0.25, 0.3) is 22.3 Å². The molecule has 0 unspecified atom stereocenters. The van der Waals surface area contributed by atoms with E-state index in [9.17, 15) is 27.1 Å². The van der Waals surface area contributed by atoms with Crippen molar-refractivity contribution in [2.24, 2.45) is 7.05 Å². The summed E-state index contributed by atoms with van der Waals surface area (Å²) in [5, 5.41) is 14.0. The first-order chi connectivity index (χ1) is 13.6. The zero-order chi connectivity index (χ0) is 21.1. The van der Waals surface area contributed by atoms with Crippen LogP contribution in [0.1, 0.15) is 24.8 Å². The molecule has 1 aromatic carbocycles. The smallest absolute Gasteiger partial charge is 0.419 e. The first kappa shape index (κ1) is 19.4. The van der Waals surface area contributed by atoms with Crippen molar-refractivity contribution in [1.82, 2.24) is 14.8 Å². The van der Waals surface area contributed by atoms with E-state index >= 15 is 0 Å². The van der Waals surface area contributed by atoms with E-state index in [2.05, 4.69) is 10.1 Å². The molecule has 1 N–H and O–H groups in total. The van der Waals surface area contributed by atoms with Gasteiger partial charge in [0.1, 0.15) is 11.5 Å². The Morgan fingerprint density at radius 2 is 1.86 bits per heavy atom. The van der Waals surface area contributed by atoms with Gasteiger partial charge in [-0.1, -0.05) is 0 Å². The van der Waals surface area contributed by atoms with Gasteiger partial charge in [-0.15, -0.1) is 0 Å². The minimum absolute atomic E-state index is 0.161. The summed E-state index contributed by atoms with van der Waals surface area (Å²) in [5.74, 6) is -4.59. The van der Waals surface area contributed by atoms with E-state index in [0.717, 1.165) is 19.3 Å². The van der Waals surface area contributed by atoms with E-state index < -0.39 is 34.7 Å². The van der Waals surface area contributed by atoms with Crippen LogP contribution in [0, 0.1) is 11.6 Å². The molecule has 1 fully saturated rings. The number of phenols is 1. The van der Waals surface area contributed by atoms with Gasteiger partial charge in [-0.2, -0.15) is 18.3 Å². The molecule has 10 heteroatoms. The highest BCUT2D eigenvalue weighted by Crippen LogP contribution is 2.41. The topological polar surface area (TPSA) is 54.2 Å². The zero-order valence-electron chi connectivity index (χ0n) is 15.6. The fourth-order valence-electron chi connectivity index (χ4n) is 3.48. The van der Waals surface area contributed by atoms with Crippen molar-refractivity contribution >= 4 is 16.9 Å². The summed E-state index contributed by atoms with van der Waals surface area (Å²) in [6.07, 6.45) is -1.87. The summed E-state index contributed by atoms with van der Waals surface area (Å²) in [4.78, 5) is 6.53. The molecule has 2 heterocycles. The molecule has 1 aliphatic rings. The molecule has 0 atom stereocenters. The molecule has 4 rings (SSSR count). The van der Waals surface area contributed by atoms with Crippen molar-refractivity contribution in [3.8, 4) is 17.0 Å². The van der Waals surface area contributed by atoms with Gasteiger partial charge in [0.2, 0.25) is 0 Å². The Bertz CT molecular complexity index is 1100. The highest BCUT2D eigenvalue weighted by Gasteiger charge is 2.38. The predicted octanol–water partition coefficient (Wildman–Crippen LogP) is 4.63. The van der Waals surface area contributed by atoms with Gasteiger partial charge in [0.05, 0.1) is 5.56 Å². The van der Waals surface area contributed by atoms with Crippen LogP contribution in [0.3, 0.4) is 0 Å². The van der Waals surface area contributed by atoms with E-state index in [-0.39, 0.29) is 11.1 Å². The normalized spacial score (nSPS) is 15.0. The summed E-state index contributed by atoms with van der Waals surface area (Å²) >= 11 is 0. The monoisotopic (exact) mass is 412 g/mol. The Morgan fingerprint density at radius 1 is 1.17 bits per heavy atom. The molecule has 0 saturated heterocycles. The number of aryl methyl sites for hydroxylation is 1. The molecule has 29 heavy (non-hydrogen) atoms. The minimum Gasteiger partial charge on any atom is -0.503 e. The largest absolute Gasteiger partial charge is 0.503 e. The lowest BCUT2D eigenvalue weighted by molar-refractivity contribution is -0.140. The maximum absolute atomic E-state index is 14.5. The third-order valence-electron chi connectivity index (χ3n) is 5.39. The van der Waals surface area contributed by atoms with Gasteiger partial charge < -0.3 is 10.0 Å². The molecular weight excluding hydrogens is 395 g/mol. The summed E-state index contributed by atoms with van der Waals surface area (Å²) in [6.45, 7) is 0. The number of aromatic hydroxyl groups is 1. The molecule has 3 aromatic rings. The quantitative estimate of drug-likeness (QED) is 0.638. The van der Waals surface area contributed by atoms with Crippen molar-refractivity contribution in [2.45, 2.75) is 31.5 Å². The molecule has 2 aromatic heterocycles. The van der Waals surface area contributed by atoms with Crippen molar-refractivity contribution in [3.63, 3.8) is 0 Å². The Hall–Kier alpha value is -2.91. The van der Waals surface area contributed by atoms with Crippen molar-refractivity contribution in [3.05, 3.63) is 35.4 Å². The molecule has 0 spiro atoms. The molecule has 0 amide bonds. The number of halogens is 5. The number of fused-ring (bicyclic) bond motifs is 1. The third kappa shape index (κ3) is 3.06. The lowest BCUT2D eigenvalue weighted by Gasteiger charge is -2.35. The highest BCUT2D eigenvalue weighted by molar-refractivity contribution is 5.92. The number of alkyl halides is 3. The van der Waals surface area contributed by atoms with E-state index in [0.29, 0.717) is 23.6 Å². The van der Waals surface area contributed by atoms with Gasteiger partial charge in [0.25, 0.3) is 0 Å². The lowest BCUT2D eigenvalue weighted by atomic mass is 9.92. The van der Waals surface area contributed by atoms with Gasteiger partial charge in [0.15, 0.2) is 23.0 Å². The number of benzene rings is 1. The first-order valence-electron chi connectivity index (χ1n) is 8.94. The molecule has 0 radical (unpaired) electrons. The second kappa shape index (κ2) is 6.57. The van der Waals surface area contributed by atoms with E-state index in [4.69, 9.17) is 0 Å². The van der Waals surface area contributed by atoms with Crippen LogP contribution in [-0.4, -0.2) is 33.0 Å². The Kier molecular flexibility index (Phi) is 4.39. The lowest BCUT2D eigenvalue weighted by Crippen LogP contribution is -2.37. The molecule has 1 aliphatic carbocycles. The number of aromatic nitrogens is 3. The summed E-state index contributed by atoms with van der Waals surface area (Å²) in [7, 11) is 3.43. The van der Waals surface area contributed by atoms with Crippen LogP contribution < -0.4 is 4.90 Å².